The smallest absolute Gasteiger partial charge is 0.419 e. The highest BCUT2D eigenvalue weighted by molar-refractivity contribution is 6.42. The van der Waals surface area contributed by atoms with Crippen molar-refractivity contribution in [1.29, 1.82) is 0 Å². The number of likely N-dealkylation sites (tertiary alicyclic amines) is 4. The highest BCUT2D eigenvalue weighted by Gasteiger charge is 2.49. The first-order chi connectivity index (χ1) is 36.8. The topological polar surface area (TPSA) is 114 Å². The fraction of sp³-hybridized carbons (Fsp3) is 0.617. The molecule has 3 aromatic carbocycles. The second-order valence-electron chi connectivity index (χ2n) is 24.5. The third kappa shape index (κ3) is 14.1. The zero-order valence-electron chi connectivity index (χ0n) is 46.4. The fourth-order valence-electron chi connectivity index (χ4n) is 12.7. The van der Waals surface area contributed by atoms with Gasteiger partial charge < -0.3 is 34.1 Å². The molecule has 3 aromatic rings. The number of carbonyl (C=O) groups excluding carboxylic acids is 5. The lowest BCUT2D eigenvalue weighted by Gasteiger charge is -2.36. The molecule has 2 aliphatic carbocycles. The molecule has 6 aliphatic rings. The Balaban J connectivity index is 0.000000207. The van der Waals surface area contributed by atoms with E-state index < -0.39 is 23.7 Å². The lowest BCUT2D eigenvalue weighted by Crippen LogP contribution is -2.46. The van der Waals surface area contributed by atoms with E-state index in [1.165, 1.54) is 23.8 Å². The molecular weight excluding hydrogens is 1060 g/mol. The van der Waals surface area contributed by atoms with Crippen LogP contribution in [0.15, 0.2) is 60.7 Å². The van der Waals surface area contributed by atoms with Crippen molar-refractivity contribution in [2.45, 2.75) is 128 Å². The number of likely N-dealkylation sites (N-methyl/N-ethyl adjacent to an activating group) is 2. The van der Waals surface area contributed by atoms with Crippen LogP contribution < -0.4 is 4.74 Å². The summed E-state index contributed by atoms with van der Waals surface area (Å²) in [6.07, 6.45) is 5.51. The van der Waals surface area contributed by atoms with Gasteiger partial charge in [0.05, 0.1) is 34.8 Å². The van der Waals surface area contributed by atoms with Gasteiger partial charge in [-0.1, -0.05) is 93.5 Å². The number of alkyl halides is 3. The van der Waals surface area contributed by atoms with E-state index in [9.17, 15) is 37.1 Å². The fourth-order valence-corrected chi connectivity index (χ4v) is 13.1. The van der Waals surface area contributed by atoms with E-state index in [1.54, 1.807) is 25.2 Å². The Morgan fingerprint density at radius 2 is 1.21 bits per heavy atom. The van der Waals surface area contributed by atoms with Gasteiger partial charge in [0.15, 0.2) is 0 Å². The van der Waals surface area contributed by atoms with E-state index >= 15 is 0 Å². The monoisotopic (exact) mass is 1140 g/mol. The van der Waals surface area contributed by atoms with Gasteiger partial charge in [0.25, 0.3) is 5.91 Å². The van der Waals surface area contributed by atoms with Gasteiger partial charge in [0.1, 0.15) is 5.75 Å². The molecule has 4 heterocycles. The van der Waals surface area contributed by atoms with Crippen LogP contribution in [0.2, 0.25) is 15.1 Å². The van der Waals surface area contributed by atoms with E-state index in [-0.39, 0.29) is 75.5 Å². The number of piperidine rings is 2. The number of amides is 5. The third-order valence-corrected chi connectivity index (χ3v) is 18.5. The van der Waals surface area contributed by atoms with Gasteiger partial charge >= 0.3 is 6.18 Å². The molecule has 2 saturated carbocycles. The van der Waals surface area contributed by atoms with Crippen LogP contribution in [0.4, 0.5) is 13.2 Å². The first kappa shape index (κ1) is 59.5. The van der Waals surface area contributed by atoms with Crippen LogP contribution in [-0.4, -0.2) is 151 Å². The Morgan fingerprint density at radius 3 is 1.73 bits per heavy atom. The molecule has 6 fully saturated rings. The summed E-state index contributed by atoms with van der Waals surface area (Å²) in [5.41, 5.74) is 0.850. The number of nitrogens with zero attached hydrogens (tertiary/aromatic N) is 6. The largest absolute Gasteiger partial charge is 0.496 e. The first-order valence-corrected chi connectivity index (χ1v) is 29.0. The molecule has 18 heteroatoms. The summed E-state index contributed by atoms with van der Waals surface area (Å²) in [6.45, 7) is 14.5. The van der Waals surface area contributed by atoms with Crippen molar-refractivity contribution in [3.8, 4) is 5.75 Å². The number of halogens is 6. The van der Waals surface area contributed by atoms with Gasteiger partial charge in [-0.05, 0) is 129 Å². The van der Waals surface area contributed by atoms with Crippen molar-refractivity contribution in [3.63, 3.8) is 0 Å². The van der Waals surface area contributed by atoms with Gasteiger partial charge in [0, 0.05) is 106 Å². The molecule has 0 radical (unpaired) electrons. The van der Waals surface area contributed by atoms with Crippen LogP contribution in [0, 0.1) is 28.6 Å². The molecule has 4 atom stereocenters. The molecule has 426 valence electrons. The van der Waals surface area contributed by atoms with Gasteiger partial charge in [-0.25, -0.2) is 0 Å². The Bertz CT molecular complexity index is 2640. The summed E-state index contributed by atoms with van der Waals surface area (Å²) in [7, 11) is 4.64. The lowest BCUT2D eigenvalue weighted by atomic mass is 9.91. The van der Waals surface area contributed by atoms with Crippen LogP contribution in [0.3, 0.4) is 0 Å². The lowest BCUT2D eigenvalue weighted by molar-refractivity contribution is -0.142. The normalized spacial score (nSPS) is 23.2. The SMILES string of the molecule is CN(C(=O)CC1CCCC1)C1CN(C(=O)C2CCN(C(=O)C3(C)CC3)CC2)CC1c1ccc(Cl)c(Cl)c1.COc1ccc(C(=O)N(C)C2CN(C(=O)C3CCN(CC(C)(C)C)CC3)CC2c2ccc(Cl)cc2)cc1C(F)(F)F. The van der Waals surface area contributed by atoms with E-state index in [4.69, 9.17) is 39.5 Å². The summed E-state index contributed by atoms with van der Waals surface area (Å²) >= 11 is 18.7. The van der Waals surface area contributed by atoms with Gasteiger partial charge in [-0.3, -0.25) is 24.0 Å². The predicted octanol–water partition coefficient (Wildman–Crippen LogP) is 11.6. The molecule has 0 aromatic heterocycles. The van der Waals surface area contributed by atoms with Crippen LogP contribution in [0.25, 0.3) is 0 Å². The number of benzene rings is 3. The van der Waals surface area contributed by atoms with E-state index in [1.807, 2.05) is 57.8 Å². The summed E-state index contributed by atoms with van der Waals surface area (Å²) in [6, 6.07) is 15.8. The Labute approximate surface area is 474 Å². The molecule has 5 amide bonds. The van der Waals surface area contributed by atoms with Crippen molar-refractivity contribution in [3.05, 3.63) is 98.0 Å². The van der Waals surface area contributed by atoms with E-state index in [0.717, 1.165) is 88.5 Å². The maximum absolute atomic E-state index is 13.7. The van der Waals surface area contributed by atoms with Crippen molar-refractivity contribution in [1.82, 2.24) is 29.4 Å². The summed E-state index contributed by atoms with van der Waals surface area (Å²) in [4.78, 5) is 78.5. The van der Waals surface area contributed by atoms with Gasteiger partial charge in [-0.15, -0.1) is 0 Å². The first-order valence-electron chi connectivity index (χ1n) is 27.9. The van der Waals surface area contributed by atoms with Gasteiger partial charge in [-0.2, -0.15) is 13.2 Å². The van der Waals surface area contributed by atoms with Crippen LogP contribution in [0.1, 0.15) is 137 Å². The van der Waals surface area contributed by atoms with Crippen molar-refractivity contribution in [2.24, 2.45) is 28.6 Å². The molecular formula is C60H78Cl3F3N6O6. The average molecular weight is 1140 g/mol. The number of rotatable bonds is 12. The number of carbonyl (C=O) groups is 5. The zero-order chi connectivity index (χ0) is 56.4. The minimum atomic E-state index is -4.68. The van der Waals surface area contributed by atoms with Crippen LogP contribution >= 0.6 is 34.8 Å². The maximum Gasteiger partial charge on any atom is 0.419 e. The summed E-state index contributed by atoms with van der Waals surface area (Å²) in [5.74, 6) is -0.188. The molecule has 0 bridgehead atoms. The Kier molecular flexibility index (Phi) is 18.8. The number of ether oxygens (including phenoxy) is 1. The molecule has 0 spiro atoms. The van der Waals surface area contributed by atoms with Crippen LogP contribution in [-0.2, 0) is 25.4 Å². The zero-order valence-corrected chi connectivity index (χ0v) is 48.6. The number of hydrogen-bond donors (Lipinski definition) is 0. The van der Waals surface area contributed by atoms with E-state index in [2.05, 4.69) is 25.7 Å². The molecule has 9 rings (SSSR count). The molecule has 4 saturated heterocycles. The maximum atomic E-state index is 13.7. The van der Waals surface area contributed by atoms with Crippen molar-refractivity contribution >= 4 is 64.3 Å². The Hall–Kier alpha value is -4.57. The van der Waals surface area contributed by atoms with Crippen molar-refractivity contribution in [2.75, 3.05) is 80.1 Å². The molecule has 4 aliphatic heterocycles. The highest BCUT2D eigenvalue weighted by atomic mass is 35.5. The predicted molar refractivity (Wildman–Crippen MR) is 299 cm³/mol. The molecule has 0 N–H and O–H groups in total. The Morgan fingerprint density at radius 1 is 0.667 bits per heavy atom. The van der Waals surface area contributed by atoms with Gasteiger partial charge in [0.2, 0.25) is 23.6 Å². The average Bonchev–Trinajstić information content (AvgIpc) is 3.93. The van der Waals surface area contributed by atoms with E-state index in [0.29, 0.717) is 79.5 Å². The second kappa shape index (κ2) is 24.7. The molecule has 12 nitrogen and oxygen atoms in total. The quantitative estimate of drug-likeness (QED) is 0.177. The third-order valence-electron chi connectivity index (χ3n) is 17.6. The summed E-state index contributed by atoms with van der Waals surface area (Å²) in [5, 5.41) is 1.56. The van der Waals surface area contributed by atoms with Crippen molar-refractivity contribution < 1.29 is 41.9 Å². The molecule has 78 heavy (non-hydrogen) atoms. The summed E-state index contributed by atoms with van der Waals surface area (Å²) < 4.78 is 45.8. The standard InChI is InChI=1S/C31H39ClF3N3O3.C29H39Cl2N3O3/c1-30(2,3)19-37-14-12-21(13-15-37)29(40)38-17-24(20-6-9-23(32)10-7-20)26(18-38)36(4)28(39)22-8-11-27(41-5)25(16-22)31(33,34)35;1-29(11-12-29)28(37)33-13-9-20(10-14-33)27(36)34-17-22(21-7-8-23(30)24(31)16-21)25(18-34)32(2)26(35)15-19-5-3-4-6-19/h6-11,16,21,24,26H,12-15,17-19H2,1-5H3;7-8,16,19-20,22,25H,3-6,9-15,17-18H2,1-2H3. The second-order valence-corrected chi connectivity index (χ2v) is 25.7. The minimum Gasteiger partial charge on any atom is -0.496 e. The minimum absolute atomic E-state index is 0.0206. The number of hydrogen-bond acceptors (Lipinski definition) is 7. The highest BCUT2D eigenvalue weighted by Crippen LogP contribution is 2.47. The number of methoxy groups -OCH3 is 1. The van der Waals surface area contributed by atoms with Crippen LogP contribution in [0.5, 0.6) is 5.75 Å². The molecule has 4 unspecified atom stereocenters.